The third-order valence-corrected chi connectivity index (χ3v) is 2.85. The molecule has 1 N–H and O–H groups in total. The van der Waals surface area contributed by atoms with Gasteiger partial charge in [-0.3, -0.25) is 0 Å². The van der Waals surface area contributed by atoms with E-state index in [0.29, 0.717) is 6.54 Å². The van der Waals surface area contributed by atoms with Crippen LogP contribution >= 0.6 is 27.3 Å². The number of hydrogen-bond acceptors (Lipinski definition) is 2. The molecule has 0 spiro atoms. The number of rotatable bonds is 4. The molecule has 0 bridgehead atoms. The van der Waals surface area contributed by atoms with Crippen molar-refractivity contribution in [3.05, 3.63) is 20.8 Å². The van der Waals surface area contributed by atoms with Gasteiger partial charge in [0.15, 0.2) is 0 Å². The second-order valence-corrected chi connectivity index (χ2v) is 4.78. The molecule has 0 saturated carbocycles. The molecule has 12 heavy (non-hydrogen) atoms. The first-order valence-corrected chi connectivity index (χ1v) is 5.02. The molecule has 1 aromatic rings. The third kappa shape index (κ3) is 3.60. The quantitative estimate of drug-likeness (QED) is 0.873. The van der Waals surface area contributed by atoms with Crippen LogP contribution < -0.4 is 5.32 Å². The summed E-state index contributed by atoms with van der Waals surface area (Å²) < 4.78 is 24.4. The fourth-order valence-corrected chi connectivity index (χ4v) is 2.20. The van der Waals surface area contributed by atoms with Gasteiger partial charge in [0.2, 0.25) is 0 Å². The first-order chi connectivity index (χ1) is 5.68. The van der Waals surface area contributed by atoms with Gasteiger partial charge in [-0.2, -0.15) is 0 Å². The fraction of sp³-hybridized carbons (Fsp3) is 0.429. The van der Waals surface area contributed by atoms with Gasteiger partial charge in [-0.1, -0.05) is 0 Å². The lowest BCUT2D eigenvalue weighted by atomic mass is 10.4. The Morgan fingerprint density at radius 2 is 2.25 bits per heavy atom. The normalized spacial score (nSPS) is 11.0. The lowest BCUT2D eigenvalue weighted by Gasteiger charge is -2.00. The topological polar surface area (TPSA) is 12.0 Å². The molecule has 1 nitrogen and oxygen atoms in total. The minimum absolute atomic E-state index is 0.241. The zero-order valence-corrected chi connectivity index (χ0v) is 8.59. The number of thiophene rings is 1. The van der Waals surface area contributed by atoms with E-state index >= 15 is 0 Å². The lowest BCUT2D eigenvalue weighted by molar-refractivity contribution is 0.145. The Morgan fingerprint density at radius 3 is 2.75 bits per heavy atom. The van der Waals surface area contributed by atoms with Crippen molar-refractivity contribution in [2.75, 3.05) is 6.54 Å². The van der Waals surface area contributed by atoms with Gasteiger partial charge in [0, 0.05) is 11.4 Å². The van der Waals surface area contributed by atoms with Gasteiger partial charge < -0.3 is 5.32 Å². The summed E-state index contributed by atoms with van der Waals surface area (Å²) in [6, 6.07) is 3.82. The highest BCUT2D eigenvalue weighted by Gasteiger charge is 2.01. The maximum Gasteiger partial charge on any atom is 0.250 e. The molecule has 5 heteroatoms. The molecule has 1 heterocycles. The van der Waals surface area contributed by atoms with Gasteiger partial charge in [0.25, 0.3) is 6.43 Å². The Bertz CT molecular complexity index is 239. The van der Waals surface area contributed by atoms with E-state index in [1.807, 2.05) is 12.1 Å². The van der Waals surface area contributed by atoms with Crippen LogP contribution in [0, 0.1) is 0 Å². The van der Waals surface area contributed by atoms with Crippen molar-refractivity contribution in [3.8, 4) is 0 Å². The summed E-state index contributed by atoms with van der Waals surface area (Å²) >= 11 is 4.84. The van der Waals surface area contributed by atoms with Crippen molar-refractivity contribution in [1.82, 2.24) is 5.32 Å². The molecule has 0 atom stereocenters. The molecule has 0 fully saturated rings. The van der Waals surface area contributed by atoms with E-state index in [4.69, 9.17) is 0 Å². The Kier molecular flexibility index (Phi) is 4.11. The van der Waals surface area contributed by atoms with Crippen LogP contribution in [-0.2, 0) is 6.54 Å². The largest absolute Gasteiger partial charge is 0.306 e. The molecule has 0 unspecified atom stereocenters. The van der Waals surface area contributed by atoms with Gasteiger partial charge in [-0.05, 0) is 28.1 Å². The average Bonchev–Trinajstić information content (AvgIpc) is 2.35. The maximum absolute atomic E-state index is 11.7. The summed E-state index contributed by atoms with van der Waals surface area (Å²) in [5.41, 5.74) is 0. The Balaban J connectivity index is 2.24. The zero-order chi connectivity index (χ0) is 8.97. The van der Waals surface area contributed by atoms with E-state index in [-0.39, 0.29) is 6.54 Å². The molecule has 0 radical (unpaired) electrons. The van der Waals surface area contributed by atoms with Crippen LogP contribution in [0.4, 0.5) is 8.78 Å². The molecule has 0 saturated heterocycles. The minimum atomic E-state index is -2.27. The van der Waals surface area contributed by atoms with E-state index in [1.54, 1.807) is 11.3 Å². The first kappa shape index (κ1) is 10.1. The van der Waals surface area contributed by atoms with Gasteiger partial charge in [-0.15, -0.1) is 11.3 Å². The van der Waals surface area contributed by atoms with Gasteiger partial charge in [-0.25, -0.2) is 8.78 Å². The first-order valence-electron chi connectivity index (χ1n) is 3.41. The molecule has 0 aliphatic rings. The molecule has 0 aromatic carbocycles. The maximum atomic E-state index is 11.7. The fourth-order valence-electron chi connectivity index (χ4n) is 0.751. The molecule has 1 rings (SSSR count). The highest BCUT2D eigenvalue weighted by Crippen LogP contribution is 2.21. The predicted molar refractivity (Wildman–Crippen MR) is 49.7 cm³/mol. The Labute approximate surface area is 81.9 Å². The summed E-state index contributed by atoms with van der Waals surface area (Å²) in [7, 11) is 0. The molecule has 0 aliphatic carbocycles. The van der Waals surface area contributed by atoms with E-state index < -0.39 is 6.43 Å². The van der Waals surface area contributed by atoms with Crippen LogP contribution in [0.15, 0.2) is 15.9 Å². The second kappa shape index (κ2) is 4.89. The molecule has 0 amide bonds. The summed E-state index contributed by atoms with van der Waals surface area (Å²) in [5.74, 6) is 0. The molecule has 1 aromatic heterocycles. The summed E-state index contributed by atoms with van der Waals surface area (Å²) in [6.45, 7) is 0.274. The van der Waals surface area contributed by atoms with Crippen LogP contribution in [0.3, 0.4) is 0 Å². The standard InChI is InChI=1S/C7H8BrF2NS/c8-6-2-1-5(12-6)3-11-4-7(9)10/h1-2,7,11H,3-4H2. The second-order valence-electron chi connectivity index (χ2n) is 2.23. The van der Waals surface area contributed by atoms with Crippen LogP contribution in [0.5, 0.6) is 0 Å². The summed E-state index contributed by atoms with van der Waals surface area (Å²) in [5, 5.41) is 2.65. The average molecular weight is 256 g/mol. The van der Waals surface area contributed by atoms with Crippen molar-refractivity contribution in [1.29, 1.82) is 0 Å². The van der Waals surface area contributed by atoms with Gasteiger partial charge in [0.05, 0.1) is 10.3 Å². The summed E-state index contributed by atoms with van der Waals surface area (Å²) in [4.78, 5) is 1.06. The van der Waals surface area contributed by atoms with Crippen molar-refractivity contribution in [3.63, 3.8) is 0 Å². The van der Waals surface area contributed by atoms with Gasteiger partial charge in [0.1, 0.15) is 0 Å². The monoisotopic (exact) mass is 255 g/mol. The van der Waals surface area contributed by atoms with Crippen LogP contribution in [0.25, 0.3) is 0 Å². The van der Waals surface area contributed by atoms with E-state index in [2.05, 4.69) is 21.2 Å². The van der Waals surface area contributed by atoms with Crippen LogP contribution in [0.2, 0.25) is 0 Å². The Morgan fingerprint density at radius 1 is 1.50 bits per heavy atom. The number of halogens is 3. The van der Waals surface area contributed by atoms with E-state index in [0.717, 1.165) is 8.66 Å². The number of hydrogen-bond donors (Lipinski definition) is 1. The Hall–Kier alpha value is -0.0000000000000000833. The van der Waals surface area contributed by atoms with Gasteiger partial charge >= 0.3 is 0 Å². The van der Waals surface area contributed by atoms with Crippen molar-refractivity contribution >= 4 is 27.3 Å². The highest BCUT2D eigenvalue weighted by atomic mass is 79.9. The van der Waals surface area contributed by atoms with Crippen molar-refractivity contribution < 1.29 is 8.78 Å². The zero-order valence-electron chi connectivity index (χ0n) is 6.19. The SMILES string of the molecule is FC(F)CNCc1ccc(Br)s1. The number of alkyl halides is 2. The minimum Gasteiger partial charge on any atom is -0.306 e. The third-order valence-electron chi connectivity index (χ3n) is 1.23. The predicted octanol–water partition coefficient (Wildman–Crippen LogP) is 2.87. The van der Waals surface area contributed by atoms with Crippen molar-refractivity contribution in [2.24, 2.45) is 0 Å². The number of nitrogens with one attached hydrogen (secondary N) is 1. The van der Waals surface area contributed by atoms with Crippen LogP contribution in [-0.4, -0.2) is 13.0 Å². The smallest absolute Gasteiger partial charge is 0.250 e. The summed E-state index contributed by atoms with van der Waals surface area (Å²) in [6.07, 6.45) is -2.27. The lowest BCUT2D eigenvalue weighted by Crippen LogP contribution is -2.19. The highest BCUT2D eigenvalue weighted by molar-refractivity contribution is 9.11. The van der Waals surface area contributed by atoms with E-state index in [1.165, 1.54) is 0 Å². The molecular weight excluding hydrogens is 248 g/mol. The van der Waals surface area contributed by atoms with Crippen LogP contribution in [0.1, 0.15) is 4.88 Å². The van der Waals surface area contributed by atoms with Crippen molar-refractivity contribution in [2.45, 2.75) is 13.0 Å². The van der Waals surface area contributed by atoms with E-state index in [9.17, 15) is 8.78 Å². The molecule has 0 aliphatic heterocycles. The molecular formula is C7H8BrF2NS. The molecule has 68 valence electrons.